The Balaban J connectivity index is 2.96. The minimum atomic E-state index is -3.08. The van der Waals surface area contributed by atoms with E-state index in [9.17, 15) is 17.6 Å². The van der Waals surface area contributed by atoms with E-state index < -0.39 is 19.0 Å². The van der Waals surface area contributed by atoms with Crippen LogP contribution in [0.4, 0.5) is 17.6 Å². The molecular formula is C12H14F4O2. The molecule has 102 valence electrons. The highest BCUT2D eigenvalue weighted by Gasteiger charge is 2.15. The molecule has 0 radical (unpaired) electrons. The fourth-order valence-electron chi connectivity index (χ4n) is 1.53. The van der Waals surface area contributed by atoms with E-state index in [1.54, 1.807) is 6.07 Å². The monoisotopic (exact) mass is 266 g/mol. The zero-order chi connectivity index (χ0) is 13.7. The topological polar surface area (TPSA) is 18.5 Å². The Bertz CT molecular complexity index is 380. The second-order valence-corrected chi connectivity index (χ2v) is 4.14. The van der Waals surface area contributed by atoms with Crippen LogP contribution in [0.15, 0.2) is 18.2 Å². The molecule has 0 saturated carbocycles. The first-order chi connectivity index (χ1) is 8.38. The molecule has 0 aliphatic rings. The molecule has 1 aromatic rings. The molecule has 0 saturated heterocycles. The van der Waals surface area contributed by atoms with Gasteiger partial charge in [0, 0.05) is 0 Å². The number of alkyl halides is 4. The molecule has 0 aromatic heterocycles. The second-order valence-electron chi connectivity index (χ2n) is 4.14. The average Bonchev–Trinajstić information content (AvgIpc) is 2.19. The summed E-state index contributed by atoms with van der Waals surface area (Å²) in [5.74, 6) is -0.451. The lowest BCUT2D eigenvalue weighted by Crippen LogP contribution is -2.08. The largest absolute Gasteiger partial charge is 0.431 e. The van der Waals surface area contributed by atoms with E-state index in [4.69, 9.17) is 0 Å². The molecule has 0 aliphatic heterocycles. The molecule has 0 atom stereocenters. The Morgan fingerprint density at radius 2 is 1.50 bits per heavy atom. The zero-order valence-corrected chi connectivity index (χ0v) is 10.00. The summed E-state index contributed by atoms with van der Waals surface area (Å²) in [5.41, 5.74) is 0.724. The third-order valence-corrected chi connectivity index (χ3v) is 2.08. The molecule has 0 aliphatic carbocycles. The van der Waals surface area contributed by atoms with Crippen LogP contribution in [0.25, 0.3) is 0 Å². The highest BCUT2D eigenvalue weighted by atomic mass is 19.3. The molecule has 0 fully saturated rings. The van der Waals surface area contributed by atoms with Crippen molar-refractivity contribution in [2.75, 3.05) is 0 Å². The summed E-state index contributed by atoms with van der Waals surface area (Å²) in [5, 5.41) is 0. The number of ether oxygens (including phenoxy) is 2. The van der Waals surface area contributed by atoms with Crippen LogP contribution in [0.5, 0.6) is 11.5 Å². The van der Waals surface area contributed by atoms with E-state index in [1.807, 2.05) is 13.8 Å². The van der Waals surface area contributed by atoms with Crippen LogP contribution in [-0.4, -0.2) is 13.2 Å². The standard InChI is InChI=1S/C12H14F4O2/c1-7(2)5-8-3-4-9(17-11(13)14)10(6-8)18-12(15)16/h3-4,6-7,11-12H,5H2,1-2H3. The van der Waals surface area contributed by atoms with Crippen molar-refractivity contribution in [2.24, 2.45) is 5.92 Å². The van der Waals surface area contributed by atoms with Crippen LogP contribution < -0.4 is 9.47 Å². The fraction of sp³-hybridized carbons (Fsp3) is 0.500. The van der Waals surface area contributed by atoms with Gasteiger partial charge in [0.2, 0.25) is 0 Å². The van der Waals surface area contributed by atoms with E-state index in [-0.39, 0.29) is 5.75 Å². The van der Waals surface area contributed by atoms with Crippen molar-refractivity contribution in [1.29, 1.82) is 0 Å². The van der Waals surface area contributed by atoms with E-state index in [0.29, 0.717) is 12.3 Å². The van der Waals surface area contributed by atoms with Crippen LogP contribution in [0.2, 0.25) is 0 Å². The predicted octanol–water partition coefficient (Wildman–Crippen LogP) is 4.09. The summed E-state index contributed by atoms with van der Waals surface area (Å²) in [6.07, 6.45) is 0.633. The summed E-state index contributed by atoms with van der Waals surface area (Å²) in [6, 6.07) is 4.06. The molecule has 0 unspecified atom stereocenters. The van der Waals surface area contributed by atoms with Gasteiger partial charge in [-0.1, -0.05) is 19.9 Å². The maximum absolute atomic E-state index is 12.2. The van der Waals surface area contributed by atoms with Gasteiger partial charge in [-0.3, -0.25) is 0 Å². The molecule has 1 aromatic carbocycles. The van der Waals surface area contributed by atoms with Gasteiger partial charge in [-0.15, -0.1) is 0 Å². The number of hydrogen-bond acceptors (Lipinski definition) is 2. The lowest BCUT2D eigenvalue weighted by atomic mass is 10.0. The summed E-state index contributed by atoms with van der Waals surface area (Å²) in [6.45, 7) is -2.26. The van der Waals surface area contributed by atoms with Gasteiger partial charge in [0.15, 0.2) is 11.5 Å². The summed E-state index contributed by atoms with van der Waals surface area (Å²) in [7, 11) is 0. The maximum atomic E-state index is 12.2. The van der Waals surface area contributed by atoms with Gasteiger partial charge in [0.25, 0.3) is 0 Å². The Morgan fingerprint density at radius 1 is 0.944 bits per heavy atom. The first-order valence-electron chi connectivity index (χ1n) is 5.41. The van der Waals surface area contributed by atoms with Crippen LogP contribution in [0.1, 0.15) is 19.4 Å². The van der Waals surface area contributed by atoms with E-state index in [0.717, 1.165) is 5.56 Å². The summed E-state index contributed by atoms with van der Waals surface area (Å²) < 4.78 is 56.8. The SMILES string of the molecule is CC(C)Cc1ccc(OC(F)F)c(OC(F)F)c1. The van der Waals surface area contributed by atoms with Gasteiger partial charge in [-0.2, -0.15) is 17.6 Å². The lowest BCUT2D eigenvalue weighted by Gasteiger charge is -2.13. The first kappa shape index (κ1) is 14.6. The van der Waals surface area contributed by atoms with E-state index in [2.05, 4.69) is 9.47 Å². The number of halogens is 4. The van der Waals surface area contributed by atoms with Crippen molar-refractivity contribution in [1.82, 2.24) is 0 Å². The van der Waals surface area contributed by atoms with Crippen molar-refractivity contribution in [3.05, 3.63) is 23.8 Å². The molecule has 6 heteroatoms. The molecule has 0 amide bonds. The van der Waals surface area contributed by atoms with Crippen LogP contribution >= 0.6 is 0 Å². The van der Waals surface area contributed by atoms with E-state index in [1.165, 1.54) is 12.1 Å². The summed E-state index contributed by atoms with van der Waals surface area (Å²) >= 11 is 0. The van der Waals surface area contributed by atoms with Crippen LogP contribution in [-0.2, 0) is 6.42 Å². The molecule has 2 nitrogen and oxygen atoms in total. The molecular weight excluding hydrogens is 252 g/mol. The summed E-state index contributed by atoms with van der Waals surface area (Å²) in [4.78, 5) is 0. The van der Waals surface area contributed by atoms with Gasteiger partial charge >= 0.3 is 13.2 Å². The molecule has 0 bridgehead atoms. The van der Waals surface area contributed by atoms with Crippen LogP contribution in [0, 0.1) is 5.92 Å². The van der Waals surface area contributed by atoms with Crippen molar-refractivity contribution in [3.8, 4) is 11.5 Å². The predicted molar refractivity (Wildman–Crippen MR) is 58.2 cm³/mol. The van der Waals surface area contributed by atoms with Gasteiger partial charge in [-0.25, -0.2) is 0 Å². The van der Waals surface area contributed by atoms with Gasteiger partial charge in [0.05, 0.1) is 0 Å². The molecule has 0 N–H and O–H groups in total. The Kier molecular flexibility index (Phi) is 5.25. The van der Waals surface area contributed by atoms with E-state index >= 15 is 0 Å². The Hall–Kier alpha value is -1.46. The zero-order valence-electron chi connectivity index (χ0n) is 10.00. The first-order valence-corrected chi connectivity index (χ1v) is 5.41. The van der Waals surface area contributed by atoms with Crippen LogP contribution in [0.3, 0.4) is 0 Å². The van der Waals surface area contributed by atoms with Crippen molar-refractivity contribution < 1.29 is 27.0 Å². The minimum absolute atomic E-state index is 0.311. The number of hydrogen-bond donors (Lipinski definition) is 0. The lowest BCUT2D eigenvalue weighted by molar-refractivity contribution is -0.0692. The average molecular weight is 266 g/mol. The second kappa shape index (κ2) is 6.47. The third kappa shape index (κ3) is 4.81. The molecule has 0 spiro atoms. The number of rotatable bonds is 6. The highest BCUT2D eigenvalue weighted by Crippen LogP contribution is 2.31. The fourth-order valence-corrected chi connectivity index (χ4v) is 1.53. The molecule has 1 rings (SSSR count). The van der Waals surface area contributed by atoms with Gasteiger partial charge < -0.3 is 9.47 Å². The highest BCUT2D eigenvalue weighted by molar-refractivity contribution is 5.43. The smallest absolute Gasteiger partial charge is 0.387 e. The van der Waals surface area contributed by atoms with Gasteiger partial charge in [-0.05, 0) is 30.0 Å². The van der Waals surface area contributed by atoms with Crippen molar-refractivity contribution in [2.45, 2.75) is 33.5 Å². The Morgan fingerprint density at radius 3 is 2.00 bits per heavy atom. The molecule has 0 heterocycles. The normalized spacial score (nSPS) is 11.4. The number of benzene rings is 1. The Labute approximate surface area is 103 Å². The maximum Gasteiger partial charge on any atom is 0.387 e. The molecule has 18 heavy (non-hydrogen) atoms. The quantitative estimate of drug-likeness (QED) is 0.722. The third-order valence-electron chi connectivity index (χ3n) is 2.08. The minimum Gasteiger partial charge on any atom is -0.431 e. The van der Waals surface area contributed by atoms with Crippen molar-refractivity contribution >= 4 is 0 Å². The van der Waals surface area contributed by atoms with Gasteiger partial charge in [0.1, 0.15) is 0 Å². The van der Waals surface area contributed by atoms with Crippen molar-refractivity contribution in [3.63, 3.8) is 0 Å².